The lowest BCUT2D eigenvalue weighted by molar-refractivity contribution is 0.708. The Morgan fingerprint density at radius 3 is 2.70 bits per heavy atom. The highest BCUT2D eigenvalue weighted by Crippen LogP contribution is 2.25. The number of hydrogen-bond acceptors (Lipinski definition) is 2. The van der Waals surface area contributed by atoms with E-state index in [0.717, 1.165) is 25.1 Å². The molecule has 0 aliphatic heterocycles. The van der Waals surface area contributed by atoms with Crippen molar-refractivity contribution in [1.82, 2.24) is 9.97 Å². The van der Waals surface area contributed by atoms with Crippen LogP contribution in [-0.4, -0.2) is 9.97 Å². The van der Waals surface area contributed by atoms with E-state index in [2.05, 4.69) is 36.2 Å². The van der Waals surface area contributed by atoms with Gasteiger partial charge in [-0.2, -0.15) is 0 Å². The van der Waals surface area contributed by atoms with Gasteiger partial charge in [-0.3, -0.25) is 0 Å². The molecule has 2 nitrogen and oxygen atoms in total. The Hall–Kier alpha value is -1.41. The summed E-state index contributed by atoms with van der Waals surface area (Å²) in [6.45, 7) is 2.13. The third-order valence-corrected chi connectivity index (χ3v) is 4.35. The number of fused-ring (bicyclic) bond motifs is 1. The van der Waals surface area contributed by atoms with E-state index in [9.17, 15) is 0 Å². The molecule has 0 spiro atoms. The zero-order chi connectivity index (χ0) is 13.9. The van der Waals surface area contributed by atoms with Crippen molar-refractivity contribution < 1.29 is 0 Å². The van der Waals surface area contributed by atoms with Gasteiger partial charge in [0.25, 0.3) is 0 Å². The molecule has 104 valence electrons. The molecule has 0 amide bonds. The Balaban J connectivity index is 1.93. The first kappa shape index (κ1) is 13.6. The molecular weight excluding hydrogens is 268 g/mol. The van der Waals surface area contributed by atoms with Gasteiger partial charge in [0.2, 0.25) is 0 Å². The number of rotatable bonds is 2. The van der Waals surface area contributed by atoms with E-state index in [1.807, 2.05) is 0 Å². The summed E-state index contributed by atoms with van der Waals surface area (Å²) in [5, 5.41) is 0.667. The summed E-state index contributed by atoms with van der Waals surface area (Å²) in [6, 6.07) is 8.38. The van der Waals surface area contributed by atoms with Gasteiger partial charge < -0.3 is 0 Å². The minimum atomic E-state index is 0.667. The van der Waals surface area contributed by atoms with Gasteiger partial charge in [-0.25, -0.2) is 9.97 Å². The molecule has 1 aliphatic carbocycles. The summed E-state index contributed by atoms with van der Waals surface area (Å²) in [5.41, 5.74) is 4.91. The first-order valence-corrected chi connectivity index (χ1v) is 7.70. The van der Waals surface area contributed by atoms with Crippen LogP contribution in [0.2, 0.25) is 5.15 Å². The van der Waals surface area contributed by atoms with E-state index >= 15 is 0 Å². The van der Waals surface area contributed by atoms with E-state index in [1.54, 1.807) is 0 Å². The van der Waals surface area contributed by atoms with Crippen LogP contribution in [0.5, 0.6) is 0 Å². The van der Waals surface area contributed by atoms with Crippen molar-refractivity contribution in [2.75, 3.05) is 0 Å². The van der Waals surface area contributed by atoms with E-state index in [-0.39, 0.29) is 0 Å². The summed E-state index contributed by atoms with van der Waals surface area (Å²) in [7, 11) is 0. The molecule has 3 rings (SSSR count). The molecule has 0 bridgehead atoms. The highest BCUT2D eigenvalue weighted by atomic mass is 35.5. The SMILES string of the molecule is Cc1ccccc1Cc1nc(Cl)c2c(n1)CCCCC2. The maximum Gasteiger partial charge on any atom is 0.136 e. The molecule has 1 aromatic heterocycles. The van der Waals surface area contributed by atoms with Gasteiger partial charge in [-0.05, 0) is 43.7 Å². The van der Waals surface area contributed by atoms with E-state index in [1.165, 1.54) is 41.6 Å². The molecule has 0 saturated heterocycles. The zero-order valence-corrected chi connectivity index (χ0v) is 12.6. The standard InChI is InChI=1S/C17H19ClN2/c1-12-7-5-6-8-13(12)11-16-19-15-10-4-2-3-9-14(15)17(18)20-16/h5-8H,2-4,9-11H2,1H3. The Morgan fingerprint density at radius 2 is 1.85 bits per heavy atom. The number of halogens is 1. The third kappa shape index (κ3) is 2.85. The van der Waals surface area contributed by atoms with Crippen molar-refractivity contribution in [3.05, 3.63) is 57.6 Å². The number of aromatic nitrogens is 2. The molecule has 1 aromatic carbocycles. The molecule has 3 heteroatoms. The molecular formula is C17H19ClN2. The molecule has 0 radical (unpaired) electrons. The van der Waals surface area contributed by atoms with Crippen molar-refractivity contribution in [3.8, 4) is 0 Å². The second kappa shape index (κ2) is 5.92. The minimum Gasteiger partial charge on any atom is -0.237 e. The molecule has 0 atom stereocenters. The average Bonchev–Trinajstić information content (AvgIpc) is 2.67. The fourth-order valence-electron chi connectivity index (χ4n) is 2.83. The molecule has 0 saturated carbocycles. The van der Waals surface area contributed by atoms with Crippen molar-refractivity contribution in [1.29, 1.82) is 0 Å². The van der Waals surface area contributed by atoms with Crippen LogP contribution in [0.4, 0.5) is 0 Å². The number of benzene rings is 1. The van der Waals surface area contributed by atoms with E-state index < -0.39 is 0 Å². The highest BCUT2D eigenvalue weighted by Gasteiger charge is 2.15. The van der Waals surface area contributed by atoms with Crippen LogP contribution in [0, 0.1) is 6.92 Å². The van der Waals surface area contributed by atoms with Crippen molar-refractivity contribution in [2.24, 2.45) is 0 Å². The fourth-order valence-corrected chi connectivity index (χ4v) is 3.13. The largest absolute Gasteiger partial charge is 0.237 e. The summed E-state index contributed by atoms with van der Waals surface area (Å²) in [4.78, 5) is 9.29. The fraction of sp³-hybridized carbons (Fsp3) is 0.412. The normalized spacial score (nSPS) is 14.7. The molecule has 1 heterocycles. The zero-order valence-electron chi connectivity index (χ0n) is 11.8. The minimum absolute atomic E-state index is 0.667. The van der Waals surface area contributed by atoms with Gasteiger partial charge in [0.05, 0.1) is 0 Å². The maximum absolute atomic E-state index is 6.37. The van der Waals surface area contributed by atoms with Crippen LogP contribution in [-0.2, 0) is 19.3 Å². The Labute approximate surface area is 125 Å². The van der Waals surface area contributed by atoms with Gasteiger partial charge in [-0.1, -0.05) is 42.3 Å². The van der Waals surface area contributed by atoms with Gasteiger partial charge in [0.1, 0.15) is 11.0 Å². The molecule has 0 N–H and O–H groups in total. The second-order valence-corrected chi connectivity index (χ2v) is 5.88. The van der Waals surface area contributed by atoms with Crippen LogP contribution >= 0.6 is 11.6 Å². The number of nitrogens with zero attached hydrogens (tertiary/aromatic N) is 2. The lowest BCUT2D eigenvalue weighted by Crippen LogP contribution is -2.06. The predicted octanol–water partition coefficient (Wildman–Crippen LogP) is 4.30. The smallest absolute Gasteiger partial charge is 0.136 e. The molecule has 0 fully saturated rings. The molecule has 0 unspecified atom stereocenters. The Kier molecular flexibility index (Phi) is 4.02. The van der Waals surface area contributed by atoms with Gasteiger partial charge >= 0.3 is 0 Å². The summed E-state index contributed by atoms with van der Waals surface area (Å²) >= 11 is 6.37. The van der Waals surface area contributed by atoms with Gasteiger partial charge in [0.15, 0.2) is 0 Å². The van der Waals surface area contributed by atoms with Crippen molar-refractivity contribution in [2.45, 2.75) is 45.4 Å². The topological polar surface area (TPSA) is 25.8 Å². The van der Waals surface area contributed by atoms with Gasteiger partial charge in [-0.15, -0.1) is 0 Å². The predicted molar refractivity (Wildman–Crippen MR) is 82.3 cm³/mol. The van der Waals surface area contributed by atoms with Gasteiger partial charge in [0, 0.05) is 17.7 Å². The maximum atomic E-state index is 6.37. The summed E-state index contributed by atoms with van der Waals surface area (Å²) < 4.78 is 0. The van der Waals surface area contributed by atoms with Crippen LogP contribution < -0.4 is 0 Å². The lowest BCUT2D eigenvalue weighted by Gasteiger charge is -2.10. The monoisotopic (exact) mass is 286 g/mol. The van der Waals surface area contributed by atoms with Crippen LogP contribution in [0.3, 0.4) is 0 Å². The third-order valence-electron chi connectivity index (χ3n) is 4.04. The van der Waals surface area contributed by atoms with E-state index in [0.29, 0.717) is 5.15 Å². The summed E-state index contributed by atoms with van der Waals surface area (Å²) in [5.74, 6) is 0.852. The molecule has 2 aromatic rings. The van der Waals surface area contributed by atoms with Crippen molar-refractivity contribution in [3.63, 3.8) is 0 Å². The summed E-state index contributed by atoms with van der Waals surface area (Å²) in [6.07, 6.45) is 6.51. The van der Waals surface area contributed by atoms with Crippen LogP contribution in [0.1, 0.15) is 47.5 Å². The van der Waals surface area contributed by atoms with Crippen LogP contribution in [0.15, 0.2) is 24.3 Å². The lowest BCUT2D eigenvalue weighted by atomic mass is 10.1. The average molecular weight is 287 g/mol. The Morgan fingerprint density at radius 1 is 1.05 bits per heavy atom. The molecule has 20 heavy (non-hydrogen) atoms. The first-order valence-electron chi connectivity index (χ1n) is 7.32. The number of hydrogen-bond donors (Lipinski definition) is 0. The molecule has 1 aliphatic rings. The quantitative estimate of drug-likeness (QED) is 0.608. The second-order valence-electron chi connectivity index (χ2n) is 5.52. The highest BCUT2D eigenvalue weighted by molar-refractivity contribution is 6.30. The van der Waals surface area contributed by atoms with E-state index in [4.69, 9.17) is 16.6 Å². The van der Waals surface area contributed by atoms with Crippen molar-refractivity contribution >= 4 is 11.6 Å². The number of aryl methyl sites for hydroxylation is 2. The van der Waals surface area contributed by atoms with Crippen LogP contribution in [0.25, 0.3) is 0 Å². The first-order chi connectivity index (χ1) is 9.74. The Bertz CT molecular complexity index is 622.